The molecular formula is C16H14ClN5O2S2. The molecule has 2 heterocycles. The molecule has 3 aromatic rings. The Balaban J connectivity index is 1.50. The van der Waals surface area contributed by atoms with Crippen molar-refractivity contribution in [3.8, 4) is 5.69 Å². The van der Waals surface area contributed by atoms with Crippen LogP contribution in [0.1, 0.15) is 4.88 Å². The molecule has 0 bridgehead atoms. The third kappa shape index (κ3) is 5.07. The van der Waals surface area contributed by atoms with Gasteiger partial charge in [-0.1, -0.05) is 35.5 Å². The number of amides is 3. The summed E-state index contributed by atoms with van der Waals surface area (Å²) in [5, 5.41) is 15.8. The van der Waals surface area contributed by atoms with E-state index in [0.717, 1.165) is 10.6 Å². The van der Waals surface area contributed by atoms with Gasteiger partial charge in [-0.25, -0.2) is 4.79 Å². The van der Waals surface area contributed by atoms with Crippen LogP contribution in [-0.4, -0.2) is 32.5 Å². The summed E-state index contributed by atoms with van der Waals surface area (Å²) in [5.74, 6) is -0.384. The Kier molecular flexibility index (Phi) is 6.26. The predicted octanol–water partition coefficient (Wildman–Crippen LogP) is 3.10. The SMILES string of the molecule is O=C(CSc1nncn1-c1cccc(Cl)c1)NC(=O)NCc1cccs1. The van der Waals surface area contributed by atoms with Gasteiger partial charge in [-0.05, 0) is 29.6 Å². The number of urea groups is 1. The Morgan fingerprint density at radius 3 is 2.92 bits per heavy atom. The summed E-state index contributed by atoms with van der Waals surface area (Å²) in [6, 6.07) is 10.5. The van der Waals surface area contributed by atoms with Crippen LogP contribution in [0.2, 0.25) is 5.02 Å². The second-order valence-corrected chi connectivity index (χ2v) is 7.47. The Labute approximate surface area is 162 Å². The first-order valence-corrected chi connectivity index (χ1v) is 9.75. The minimum absolute atomic E-state index is 0.0334. The quantitative estimate of drug-likeness (QED) is 0.613. The van der Waals surface area contributed by atoms with E-state index < -0.39 is 11.9 Å². The molecule has 0 unspecified atom stereocenters. The van der Waals surface area contributed by atoms with E-state index in [2.05, 4.69) is 20.8 Å². The van der Waals surface area contributed by atoms with Gasteiger partial charge in [-0.2, -0.15) is 0 Å². The highest BCUT2D eigenvalue weighted by atomic mass is 35.5. The Morgan fingerprint density at radius 1 is 1.27 bits per heavy atom. The van der Waals surface area contributed by atoms with Crippen LogP contribution >= 0.6 is 34.7 Å². The molecule has 7 nitrogen and oxygen atoms in total. The maximum Gasteiger partial charge on any atom is 0.321 e. The summed E-state index contributed by atoms with van der Waals surface area (Å²) in [4.78, 5) is 24.7. The number of hydrogen-bond donors (Lipinski definition) is 2. The molecule has 134 valence electrons. The summed E-state index contributed by atoms with van der Waals surface area (Å²) in [7, 11) is 0. The molecule has 2 N–H and O–H groups in total. The molecule has 26 heavy (non-hydrogen) atoms. The van der Waals surface area contributed by atoms with Crippen molar-refractivity contribution in [3.05, 3.63) is 58.0 Å². The van der Waals surface area contributed by atoms with Crippen molar-refractivity contribution in [2.45, 2.75) is 11.7 Å². The third-order valence-corrected chi connectivity index (χ3v) is 5.25. The number of imide groups is 1. The molecule has 0 aliphatic rings. The van der Waals surface area contributed by atoms with E-state index in [0.29, 0.717) is 16.7 Å². The maximum atomic E-state index is 11.9. The zero-order valence-electron chi connectivity index (χ0n) is 13.4. The number of carbonyl (C=O) groups excluding carboxylic acids is 2. The Morgan fingerprint density at radius 2 is 2.15 bits per heavy atom. The topological polar surface area (TPSA) is 88.9 Å². The van der Waals surface area contributed by atoms with Crippen LogP contribution in [0.4, 0.5) is 4.79 Å². The van der Waals surface area contributed by atoms with Gasteiger partial charge in [0.1, 0.15) is 6.33 Å². The van der Waals surface area contributed by atoms with Gasteiger partial charge in [0.25, 0.3) is 0 Å². The van der Waals surface area contributed by atoms with E-state index in [1.54, 1.807) is 23.0 Å². The summed E-state index contributed by atoms with van der Waals surface area (Å²) >= 11 is 8.71. The Hall–Kier alpha value is -2.36. The molecule has 0 aliphatic heterocycles. The fraction of sp³-hybridized carbons (Fsp3) is 0.125. The van der Waals surface area contributed by atoms with Crippen LogP contribution in [0.5, 0.6) is 0 Å². The van der Waals surface area contributed by atoms with Gasteiger partial charge in [0.2, 0.25) is 5.91 Å². The predicted molar refractivity (Wildman–Crippen MR) is 102 cm³/mol. The van der Waals surface area contributed by atoms with Crippen molar-refractivity contribution in [1.29, 1.82) is 0 Å². The number of carbonyl (C=O) groups is 2. The molecule has 1 aromatic carbocycles. The lowest BCUT2D eigenvalue weighted by Gasteiger charge is -2.07. The summed E-state index contributed by atoms with van der Waals surface area (Å²) < 4.78 is 1.72. The highest BCUT2D eigenvalue weighted by Gasteiger charge is 2.12. The average molecular weight is 408 g/mol. The minimum atomic E-state index is -0.527. The molecule has 0 fully saturated rings. The fourth-order valence-corrected chi connectivity index (χ4v) is 3.60. The van der Waals surface area contributed by atoms with Crippen LogP contribution < -0.4 is 10.6 Å². The van der Waals surface area contributed by atoms with Gasteiger partial charge in [-0.15, -0.1) is 21.5 Å². The molecule has 10 heteroatoms. The lowest BCUT2D eigenvalue weighted by atomic mass is 10.3. The number of hydrogen-bond acceptors (Lipinski definition) is 6. The molecule has 0 saturated carbocycles. The summed E-state index contributed by atoms with van der Waals surface area (Å²) in [6.07, 6.45) is 1.54. The van der Waals surface area contributed by atoms with Crippen molar-refractivity contribution in [2.24, 2.45) is 0 Å². The smallest absolute Gasteiger partial charge is 0.321 e. The largest absolute Gasteiger partial charge is 0.333 e. The minimum Gasteiger partial charge on any atom is -0.333 e. The van der Waals surface area contributed by atoms with Gasteiger partial charge >= 0.3 is 6.03 Å². The molecular weight excluding hydrogens is 394 g/mol. The number of rotatable bonds is 6. The number of halogens is 1. The number of nitrogens with one attached hydrogen (secondary N) is 2. The van der Waals surface area contributed by atoms with E-state index in [1.807, 2.05) is 29.6 Å². The van der Waals surface area contributed by atoms with Crippen molar-refractivity contribution >= 4 is 46.6 Å². The van der Waals surface area contributed by atoms with Gasteiger partial charge in [0.15, 0.2) is 5.16 Å². The van der Waals surface area contributed by atoms with E-state index in [9.17, 15) is 9.59 Å². The lowest BCUT2D eigenvalue weighted by Crippen LogP contribution is -2.39. The first kappa shape index (κ1) is 18.4. The number of thiophene rings is 1. The molecule has 3 rings (SSSR count). The average Bonchev–Trinajstić information content (AvgIpc) is 3.30. The van der Waals surface area contributed by atoms with Gasteiger partial charge in [-0.3, -0.25) is 14.7 Å². The zero-order chi connectivity index (χ0) is 18.4. The summed E-state index contributed by atoms with van der Waals surface area (Å²) in [6.45, 7) is 0.382. The molecule has 0 saturated heterocycles. The van der Waals surface area contributed by atoms with Crippen LogP contribution in [0.25, 0.3) is 5.69 Å². The van der Waals surface area contributed by atoms with E-state index in [1.165, 1.54) is 23.1 Å². The van der Waals surface area contributed by atoms with E-state index in [4.69, 9.17) is 11.6 Å². The molecule has 3 amide bonds. The maximum absolute atomic E-state index is 11.9. The van der Waals surface area contributed by atoms with Crippen molar-refractivity contribution in [3.63, 3.8) is 0 Å². The number of benzene rings is 1. The van der Waals surface area contributed by atoms with Crippen LogP contribution in [0.3, 0.4) is 0 Å². The zero-order valence-corrected chi connectivity index (χ0v) is 15.8. The van der Waals surface area contributed by atoms with Crippen molar-refractivity contribution < 1.29 is 9.59 Å². The lowest BCUT2D eigenvalue weighted by molar-refractivity contribution is -0.117. The number of thioether (sulfide) groups is 1. The molecule has 0 spiro atoms. The monoisotopic (exact) mass is 407 g/mol. The first-order chi connectivity index (χ1) is 12.6. The highest BCUT2D eigenvalue weighted by molar-refractivity contribution is 7.99. The standard InChI is InChI=1S/C16H14ClN5O2S2/c17-11-3-1-4-12(7-11)22-10-19-21-16(22)26-9-14(23)20-15(24)18-8-13-5-2-6-25-13/h1-7,10H,8-9H2,(H2,18,20,23,24). The second kappa shape index (κ2) is 8.84. The second-order valence-electron chi connectivity index (χ2n) is 5.06. The van der Waals surface area contributed by atoms with Crippen molar-refractivity contribution in [2.75, 3.05) is 5.75 Å². The molecule has 0 aliphatic carbocycles. The Bertz CT molecular complexity index is 898. The number of aromatic nitrogens is 3. The third-order valence-electron chi connectivity index (χ3n) is 3.19. The van der Waals surface area contributed by atoms with Gasteiger partial charge in [0.05, 0.1) is 18.0 Å². The van der Waals surface area contributed by atoms with Gasteiger partial charge < -0.3 is 5.32 Å². The summed E-state index contributed by atoms with van der Waals surface area (Å²) in [5.41, 5.74) is 0.791. The van der Waals surface area contributed by atoms with Crippen molar-refractivity contribution in [1.82, 2.24) is 25.4 Å². The van der Waals surface area contributed by atoms with Gasteiger partial charge in [0, 0.05) is 9.90 Å². The van der Waals surface area contributed by atoms with E-state index in [-0.39, 0.29) is 5.75 Å². The first-order valence-electron chi connectivity index (χ1n) is 7.50. The number of nitrogens with zero attached hydrogens (tertiary/aromatic N) is 3. The fourth-order valence-electron chi connectivity index (χ4n) is 2.04. The van der Waals surface area contributed by atoms with Crippen LogP contribution in [0, 0.1) is 0 Å². The highest BCUT2D eigenvalue weighted by Crippen LogP contribution is 2.21. The molecule has 0 radical (unpaired) electrons. The van der Waals surface area contributed by atoms with E-state index >= 15 is 0 Å². The molecule has 2 aromatic heterocycles. The van der Waals surface area contributed by atoms with Crippen LogP contribution in [0.15, 0.2) is 53.3 Å². The molecule has 0 atom stereocenters. The van der Waals surface area contributed by atoms with Crippen LogP contribution in [-0.2, 0) is 11.3 Å². The normalized spacial score (nSPS) is 10.5.